The Labute approximate surface area is 87.9 Å². The average Bonchev–Trinajstić information content (AvgIpc) is 2.64. The van der Waals surface area contributed by atoms with E-state index in [1.54, 1.807) is 6.07 Å². The van der Waals surface area contributed by atoms with Gasteiger partial charge in [0, 0.05) is 11.9 Å². The van der Waals surface area contributed by atoms with Crippen molar-refractivity contribution in [2.45, 2.75) is 19.5 Å². The number of halogens is 1. The first kappa shape index (κ1) is 10.2. The van der Waals surface area contributed by atoms with Crippen LogP contribution in [0.2, 0.25) is 0 Å². The van der Waals surface area contributed by atoms with E-state index in [-0.39, 0.29) is 6.54 Å². The first-order valence-corrected chi connectivity index (χ1v) is 4.93. The number of rotatable bonds is 2. The standard InChI is InChI=1S/C12H14FNO/c1-8-4-3-5-9-6-10(15-11(8)9)12(2,13)7-14/h3-6H,7,14H2,1-2H3. The lowest BCUT2D eigenvalue weighted by Crippen LogP contribution is -2.25. The van der Waals surface area contributed by atoms with E-state index in [1.807, 2.05) is 25.1 Å². The molecule has 3 heteroatoms. The molecular weight excluding hydrogens is 193 g/mol. The van der Waals surface area contributed by atoms with Crippen molar-refractivity contribution >= 4 is 11.0 Å². The van der Waals surface area contributed by atoms with Crippen LogP contribution in [0.25, 0.3) is 11.0 Å². The van der Waals surface area contributed by atoms with E-state index in [9.17, 15) is 4.39 Å². The Balaban J connectivity index is 2.62. The van der Waals surface area contributed by atoms with Gasteiger partial charge in [-0.2, -0.15) is 0 Å². The molecule has 0 aliphatic rings. The molecule has 0 fully saturated rings. The first-order valence-electron chi connectivity index (χ1n) is 4.93. The molecule has 2 nitrogen and oxygen atoms in total. The number of fused-ring (bicyclic) bond motifs is 1. The highest BCUT2D eigenvalue weighted by Crippen LogP contribution is 2.31. The van der Waals surface area contributed by atoms with Crippen molar-refractivity contribution < 1.29 is 8.81 Å². The van der Waals surface area contributed by atoms with Crippen molar-refractivity contribution in [1.82, 2.24) is 0 Å². The Morgan fingerprint density at radius 3 is 2.80 bits per heavy atom. The molecule has 1 heterocycles. The molecule has 0 saturated carbocycles. The van der Waals surface area contributed by atoms with E-state index in [2.05, 4.69) is 0 Å². The lowest BCUT2D eigenvalue weighted by Gasteiger charge is -2.13. The average molecular weight is 207 g/mol. The summed E-state index contributed by atoms with van der Waals surface area (Å²) in [7, 11) is 0. The third-order valence-corrected chi connectivity index (χ3v) is 2.64. The van der Waals surface area contributed by atoms with Crippen LogP contribution in [0.3, 0.4) is 0 Å². The summed E-state index contributed by atoms with van der Waals surface area (Å²) in [5, 5.41) is 0.919. The fraction of sp³-hybridized carbons (Fsp3) is 0.333. The van der Waals surface area contributed by atoms with Crippen LogP contribution >= 0.6 is 0 Å². The summed E-state index contributed by atoms with van der Waals surface area (Å²) in [4.78, 5) is 0. The summed E-state index contributed by atoms with van der Waals surface area (Å²) >= 11 is 0. The first-order chi connectivity index (χ1) is 7.04. The fourth-order valence-corrected chi connectivity index (χ4v) is 1.57. The van der Waals surface area contributed by atoms with Crippen molar-refractivity contribution in [3.05, 3.63) is 35.6 Å². The summed E-state index contributed by atoms with van der Waals surface area (Å²) < 4.78 is 19.4. The quantitative estimate of drug-likeness (QED) is 0.822. The van der Waals surface area contributed by atoms with E-state index in [0.29, 0.717) is 5.76 Å². The van der Waals surface area contributed by atoms with Crippen molar-refractivity contribution in [3.63, 3.8) is 0 Å². The molecule has 2 aromatic rings. The highest BCUT2D eigenvalue weighted by Gasteiger charge is 2.28. The minimum absolute atomic E-state index is 0.0775. The second-order valence-electron chi connectivity index (χ2n) is 4.01. The molecule has 2 N–H and O–H groups in total. The zero-order valence-electron chi connectivity index (χ0n) is 8.88. The second-order valence-corrected chi connectivity index (χ2v) is 4.01. The molecule has 15 heavy (non-hydrogen) atoms. The van der Waals surface area contributed by atoms with Crippen LogP contribution in [0.5, 0.6) is 0 Å². The van der Waals surface area contributed by atoms with Crippen LogP contribution in [0.1, 0.15) is 18.2 Å². The number of aryl methyl sites for hydroxylation is 1. The number of hydrogen-bond acceptors (Lipinski definition) is 2. The lowest BCUT2D eigenvalue weighted by atomic mass is 10.1. The summed E-state index contributed by atoms with van der Waals surface area (Å²) in [6.07, 6.45) is 0. The Hall–Kier alpha value is -1.35. The topological polar surface area (TPSA) is 39.2 Å². The highest BCUT2D eigenvalue weighted by atomic mass is 19.1. The molecule has 1 aromatic carbocycles. The van der Waals surface area contributed by atoms with Gasteiger partial charge in [-0.25, -0.2) is 4.39 Å². The fourth-order valence-electron chi connectivity index (χ4n) is 1.57. The molecule has 2 rings (SSSR count). The van der Waals surface area contributed by atoms with Gasteiger partial charge >= 0.3 is 0 Å². The number of furan rings is 1. The summed E-state index contributed by atoms with van der Waals surface area (Å²) in [6.45, 7) is 3.29. The highest BCUT2D eigenvalue weighted by molar-refractivity contribution is 5.81. The minimum atomic E-state index is -1.59. The third kappa shape index (κ3) is 1.63. The molecule has 1 aromatic heterocycles. The zero-order chi connectivity index (χ0) is 11.1. The SMILES string of the molecule is Cc1cccc2cc(C(C)(F)CN)oc12. The van der Waals surface area contributed by atoms with Crippen LogP contribution in [0.15, 0.2) is 28.7 Å². The Kier molecular flexibility index (Phi) is 2.27. The molecule has 80 valence electrons. The van der Waals surface area contributed by atoms with E-state index in [1.165, 1.54) is 6.92 Å². The van der Waals surface area contributed by atoms with Crippen LogP contribution in [-0.4, -0.2) is 6.54 Å². The van der Waals surface area contributed by atoms with Crippen LogP contribution in [0, 0.1) is 6.92 Å². The summed E-state index contributed by atoms with van der Waals surface area (Å²) in [5.41, 5.74) is 5.52. The minimum Gasteiger partial charge on any atom is -0.457 e. The van der Waals surface area contributed by atoms with Gasteiger partial charge in [0.15, 0.2) is 5.67 Å². The number of alkyl halides is 1. The van der Waals surface area contributed by atoms with Gasteiger partial charge in [0.05, 0.1) is 0 Å². The van der Waals surface area contributed by atoms with E-state index in [0.717, 1.165) is 16.5 Å². The molecule has 1 unspecified atom stereocenters. The number of hydrogen-bond donors (Lipinski definition) is 1. The van der Waals surface area contributed by atoms with Gasteiger partial charge in [-0.3, -0.25) is 0 Å². The van der Waals surface area contributed by atoms with Gasteiger partial charge in [-0.1, -0.05) is 18.2 Å². The summed E-state index contributed by atoms with van der Waals surface area (Å²) in [5.74, 6) is 0.300. The maximum atomic E-state index is 13.9. The normalized spacial score (nSPS) is 15.5. The van der Waals surface area contributed by atoms with Gasteiger partial charge in [0.2, 0.25) is 0 Å². The monoisotopic (exact) mass is 207 g/mol. The smallest absolute Gasteiger partial charge is 0.177 e. The summed E-state index contributed by atoms with van der Waals surface area (Å²) in [6, 6.07) is 7.49. The Morgan fingerprint density at radius 2 is 2.20 bits per heavy atom. The van der Waals surface area contributed by atoms with Crippen LogP contribution in [-0.2, 0) is 5.67 Å². The number of benzene rings is 1. The molecule has 0 aliphatic heterocycles. The maximum absolute atomic E-state index is 13.9. The molecule has 0 bridgehead atoms. The van der Waals surface area contributed by atoms with E-state index < -0.39 is 5.67 Å². The van der Waals surface area contributed by atoms with Gasteiger partial charge in [0.1, 0.15) is 11.3 Å². The van der Waals surface area contributed by atoms with Gasteiger partial charge in [0.25, 0.3) is 0 Å². The Bertz CT molecular complexity index is 487. The molecule has 0 saturated heterocycles. The molecule has 1 atom stereocenters. The van der Waals surface area contributed by atoms with Crippen molar-refractivity contribution in [2.24, 2.45) is 5.73 Å². The second kappa shape index (κ2) is 3.35. The molecule has 0 spiro atoms. The van der Waals surface area contributed by atoms with Gasteiger partial charge in [-0.05, 0) is 25.5 Å². The molecular formula is C12H14FNO. The van der Waals surface area contributed by atoms with E-state index >= 15 is 0 Å². The Morgan fingerprint density at radius 1 is 1.47 bits per heavy atom. The largest absolute Gasteiger partial charge is 0.457 e. The molecule has 0 amide bonds. The predicted molar refractivity (Wildman–Crippen MR) is 58.5 cm³/mol. The van der Waals surface area contributed by atoms with Crippen LogP contribution < -0.4 is 5.73 Å². The molecule has 0 aliphatic carbocycles. The van der Waals surface area contributed by atoms with Crippen molar-refractivity contribution in [1.29, 1.82) is 0 Å². The predicted octanol–water partition coefficient (Wildman–Crippen LogP) is 2.88. The maximum Gasteiger partial charge on any atom is 0.177 e. The molecule has 0 radical (unpaired) electrons. The number of para-hydroxylation sites is 1. The van der Waals surface area contributed by atoms with Crippen molar-refractivity contribution in [3.8, 4) is 0 Å². The number of nitrogens with two attached hydrogens (primary N) is 1. The lowest BCUT2D eigenvalue weighted by molar-refractivity contribution is 0.167. The third-order valence-electron chi connectivity index (χ3n) is 2.64. The zero-order valence-corrected chi connectivity index (χ0v) is 8.88. The van der Waals surface area contributed by atoms with E-state index in [4.69, 9.17) is 10.2 Å². The van der Waals surface area contributed by atoms with Crippen molar-refractivity contribution in [2.75, 3.05) is 6.54 Å². The van der Waals surface area contributed by atoms with Gasteiger partial charge < -0.3 is 10.2 Å². The van der Waals surface area contributed by atoms with Crippen LogP contribution in [0.4, 0.5) is 4.39 Å². The van der Waals surface area contributed by atoms with Gasteiger partial charge in [-0.15, -0.1) is 0 Å².